The lowest BCUT2D eigenvalue weighted by Gasteiger charge is -2.30. The molecule has 3 rings (SSSR count). The van der Waals surface area contributed by atoms with Crippen molar-refractivity contribution in [2.45, 2.75) is 66.1 Å². The highest BCUT2D eigenvalue weighted by Crippen LogP contribution is 2.44. The topological polar surface area (TPSA) is 39.2 Å². The minimum absolute atomic E-state index is 0.00972. The monoisotopic (exact) mass is 495 g/mol. The zero-order valence-corrected chi connectivity index (χ0v) is 23.2. The van der Waals surface area contributed by atoms with Crippen LogP contribution in [0.2, 0.25) is 0 Å². The second kappa shape index (κ2) is 10.7. The molecule has 0 aliphatic rings. The molecule has 0 aliphatic carbocycles. The Bertz CT molecular complexity index is 1230. The average molecular weight is 496 g/mol. The van der Waals surface area contributed by atoms with Crippen LogP contribution in [-0.2, 0) is 17.6 Å². The molecule has 0 bridgehead atoms. The molecule has 1 aromatic heterocycles. The molecule has 0 N–H and O–H groups in total. The highest BCUT2D eigenvalue weighted by Gasteiger charge is 2.26. The Hall–Kier alpha value is -2.45. The molecule has 3 nitrogen and oxygen atoms in total. The van der Waals surface area contributed by atoms with Gasteiger partial charge in [-0.3, -0.25) is 4.98 Å². The van der Waals surface area contributed by atoms with E-state index in [1.807, 2.05) is 63.6 Å². The fraction of sp³-hybridized carbons (Fsp3) is 0.433. The molecule has 0 aliphatic heterocycles. The number of hydrogen-bond acceptors (Lipinski definition) is 3. The van der Waals surface area contributed by atoms with Gasteiger partial charge in [0.05, 0.1) is 13.3 Å². The molecular weight excluding hydrogens is 456 g/mol. The first kappa shape index (κ1) is 27.1. The van der Waals surface area contributed by atoms with Crippen LogP contribution in [-0.4, -0.2) is 24.0 Å². The summed E-state index contributed by atoms with van der Waals surface area (Å²) in [7, 11) is -2.14. The lowest BCUT2D eigenvalue weighted by molar-refractivity contribution is 0.304. The number of aryl methyl sites for hydroxylation is 1. The Morgan fingerprint density at radius 3 is 2.37 bits per heavy atom. The van der Waals surface area contributed by atoms with Crippen LogP contribution in [0.4, 0.5) is 4.39 Å². The smallest absolute Gasteiger partial charge is 0.149 e. The largest absolute Gasteiger partial charge is 0.489 e. The number of hydrogen-bond donors (Lipinski definition) is 0. The van der Waals surface area contributed by atoms with Gasteiger partial charge in [0.2, 0.25) is 0 Å². The van der Waals surface area contributed by atoms with Crippen molar-refractivity contribution in [1.29, 1.82) is 0 Å². The van der Waals surface area contributed by atoms with E-state index in [-0.39, 0.29) is 22.8 Å². The number of rotatable bonds is 8. The van der Waals surface area contributed by atoms with E-state index in [9.17, 15) is 8.96 Å². The summed E-state index contributed by atoms with van der Waals surface area (Å²) >= 11 is 0. The number of benzene rings is 2. The van der Waals surface area contributed by atoms with E-state index < -0.39 is 7.14 Å². The van der Waals surface area contributed by atoms with E-state index in [1.54, 1.807) is 0 Å². The molecular formula is C30H39FNO2P. The molecule has 1 heterocycles. The van der Waals surface area contributed by atoms with Gasteiger partial charge in [0.15, 0.2) is 0 Å². The molecule has 2 aromatic carbocycles. The van der Waals surface area contributed by atoms with Crippen molar-refractivity contribution in [3.63, 3.8) is 0 Å². The number of halogens is 1. The van der Waals surface area contributed by atoms with Gasteiger partial charge in [0, 0.05) is 16.9 Å². The molecule has 2 atom stereocenters. The summed E-state index contributed by atoms with van der Waals surface area (Å²) in [6, 6.07) is 16.0. The first-order valence-electron chi connectivity index (χ1n) is 12.3. The van der Waals surface area contributed by atoms with Crippen molar-refractivity contribution < 1.29 is 13.7 Å². The summed E-state index contributed by atoms with van der Waals surface area (Å²) in [4.78, 5) is 4.10. The first-order valence-corrected chi connectivity index (χ1v) is 14.9. The Balaban J connectivity index is 1.88. The highest BCUT2D eigenvalue weighted by atomic mass is 31.2. The molecule has 188 valence electrons. The van der Waals surface area contributed by atoms with Crippen LogP contribution in [0.15, 0.2) is 54.7 Å². The molecule has 35 heavy (non-hydrogen) atoms. The van der Waals surface area contributed by atoms with E-state index in [0.29, 0.717) is 12.2 Å². The summed E-state index contributed by atoms with van der Waals surface area (Å²) in [5.41, 5.74) is 5.68. The summed E-state index contributed by atoms with van der Waals surface area (Å²) in [6.45, 7) is 16.8. The number of aromatic nitrogens is 1. The van der Waals surface area contributed by atoms with Gasteiger partial charge in [0.1, 0.15) is 18.2 Å². The van der Waals surface area contributed by atoms with E-state index in [0.717, 1.165) is 40.1 Å². The lowest BCUT2D eigenvalue weighted by atomic mass is 9.75. The van der Waals surface area contributed by atoms with Crippen molar-refractivity contribution >= 4 is 7.14 Å². The molecule has 3 aromatic rings. The van der Waals surface area contributed by atoms with Crippen molar-refractivity contribution in [3.05, 3.63) is 82.9 Å². The molecule has 0 radical (unpaired) electrons. The molecule has 0 fully saturated rings. The Morgan fingerprint density at radius 1 is 1.00 bits per heavy atom. The molecule has 0 spiro atoms. The lowest BCUT2D eigenvalue weighted by Crippen LogP contribution is -2.16. The van der Waals surface area contributed by atoms with Gasteiger partial charge in [0.25, 0.3) is 0 Å². The van der Waals surface area contributed by atoms with E-state index in [2.05, 4.69) is 44.8 Å². The van der Waals surface area contributed by atoms with E-state index in [1.165, 1.54) is 6.20 Å². The third-order valence-corrected chi connectivity index (χ3v) is 9.37. The second-order valence-electron chi connectivity index (χ2n) is 11.2. The SMILES string of the molecule is Cc1cc(-c2ccc(COc3cccc(C[C@@H](C)P(C)(C)=O)c3)cc2[C@@H](C)C(C)(C)C)c(F)cn1. The van der Waals surface area contributed by atoms with Crippen LogP contribution in [0.5, 0.6) is 5.75 Å². The van der Waals surface area contributed by atoms with E-state index in [4.69, 9.17) is 4.74 Å². The van der Waals surface area contributed by atoms with Gasteiger partial charge in [-0.2, -0.15) is 0 Å². The maximum atomic E-state index is 14.8. The predicted molar refractivity (Wildman–Crippen MR) is 146 cm³/mol. The minimum Gasteiger partial charge on any atom is -0.489 e. The molecule has 0 amide bonds. The van der Waals surface area contributed by atoms with Crippen LogP contribution in [0.25, 0.3) is 11.1 Å². The first-order chi connectivity index (χ1) is 16.3. The second-order valence-corrected chi connectivity index (χ2v) is 15.0. The van der Waals surface area contributed by atoms with Crippen LogP contribution < -0.4 is 4.74 Å². The number of ether oxygens (including phenoxy) is 1. The van der Waals surface area contributed by atoms with Gasteiger partial charge >= 0.3 is 0 Å². The van der Waals surface area contributed by atoms with Crippen LogP contribution in [0, 0.1) is 18.2 Å². The van der Waals surface area contributed by atoms with Crippen LogP contribution in [0.3, 0.4) is 0 Å². The highest BCUT2D eigenvalue weighted by molar-refractivity contribution is 7.63. The number of nitrogens with zero attached hydrogens (tertiary/aromatic N) is 1. The maximum Gasteiger partial charge on any atom is 0.149 e. The van der Waals surface area contributed by atoms with E-state index >= 15 is 0 Å². The van der Waals surface area contributed by atoms with Gasteiger partial charge in [-0.15, -0.1) is 0 Å². The zero-order valence-electron chi connectivity index (χ0n) is 22.4. The quantitative estimate of drug-likeness (QED) is 0.294. The van der Waals surface area contributed by atoms with Crippen molar-refractivity contribution in [1.82, 2.24) is 4.98 Å². The summed E-state index contributed by atoms with van der Waals surface area (Å²) in [5, 5.41) is 0. The third-order valence-electron chi connectivity index (χ3n) is 7.06. The average Bonchev–Trinajstić information content (AvgIpc) is 2.77. The van der Waals surface area contributed by atoms with Crippen molar-refractivity contribution in [2.24, 2.45) is 5.41 Å². The van der Waals surface area contributed by atoms with Crippen LogP contribution in [0.1, 0.15) is 62.9 Å². The fourth-order valence-electron chi connectivity index (χ4n) is 4.01. The van der Waals surface area contributed by atoms with Crippen molar-refractivity contribution in [2.75, 3.05) is 13.3 Å². The number of pyridine rings is 1. The van der Waals surface area contributed by atoms with Crippen molar-refractivity contribution in [3.8, 4) is 16.9 Å². The molecule has 0 unspecified atom stereocenters. The third kappa shape index (κ3) is 7.04. The van der Waals surface area contributed by atoms with Gasteiger partial charge < -0.3 is 9.30 Å². The Kier molecular flexibility index (Phi) is 8.27. The maximum absolute atomic E-state index is 14.8. The zero-order chi connectivity index (χ0) is 26.0. The van der Waals surface area contributed by atoms with Gasteiger partial charge in [-0.1, -0.05) is 65.0 Å². The molecule has 5 heteroatoms. The minimum atomic E-state index is -2.14. The summed E-state index contributed by atoms with van der Waals surface area (Å²) in [6.07, 6.45) is 2.07. The standard InChI is InChI=1S/C30H39FNO2P/c1-20-14-28(29(31)18-32-20)26-13-12-24(17-27(26)22(3)30(4,5)6)19-34-25-11-9-10-23(16-25)15-21(2)35(7,8)33/h9-14,16-18,21-22H,15,19H2,1-8H3/t21-,22-/m1/s1. The Morgan fingerprint density at radius 2 is 1.71 bits per heavy atom. The predicted octanol–water partition coefficient (Wildman–Crippen LogP) is 8.48. The van der Waals surface area contributed by atoms with Gasteiger partial charge in [-0.25, -0.2) is 4.39 Å². The fourth-order valence-corrected chi connectivity index (χ4v) is 4.66. The normalized spacial score (nSPS) is 14.0. The molecule has 0 saturated carbocycles. The summed E-state index contributed by atoms with van der Waals surface area (Å²) < 4.78 is 33.3. The summed E-state index contributed by atoms with van der Waals surface area (Å²) in [5.74, 6) is 0.688. The molecule has 0 saturated heterocycles. The Labute approximate surface area is 210 Å². The van der Waals surface area contributed by atoms with Gasteiger partial charge in [-0.05, 0) is 78.5 Å². The van der Waals surface area contributed by atoms with Crippen LogP contribution >= 0.6 is 7.14 Å².